The quantitative estimate of drug-likeness (QED) is 0.214. The lowest BCUT2D eigenvalue weighted by Crippen LogP contribution is -1.99. The normalized spacial score (nSPS) is 10.8. The van der Waals surface area contributed by atoms with E-state index in [2.05, 4.69) is 6.92 Å². The SMILES string of the molecule is CCCCCCCOc1ccc(C=[C-][N+](=O)[O-])cc1OC. The van der Waals surface area contributed by atoms with Gasteiger partial charge in [0, 0.05) is 0 Å². The van der Waals surface area contributed by atoms with Gasteiger partial charge in [-0.05, 0) is 17.4 Å². The van der Waals surface area contributed by atoms with Crippen LogP contribution in [0.2, 0.25) is 0 Å². The zero-order valence-corrected chi connectivity index (χ0v) is 12.6. The molecule has 0 saturated carbocycles. The minimum atomic E-state index is -0.618. The molecule has 0 aliphatic carbocycles. The Morgan fingerprint density at radius 1 is 1.24 bits per heavy atom. The van der Waals surface area contributed by atoms with Crippen LogP contribution < -0.4 is 9.47 Å². The van der Waals surface area contributed by atoms with E-state index >= 15 is 0 Å². The Hall–Kier alpha value is -2.04. The van der Waals surface area contributed by atoms with Gasteiger partial charge in [0.1, 0.15) is 11.9 Å². The summed E-state index contributed by atoms with van der Waals surface area (Å²) in [6, 6.07) is 5.20. The standard InChI is InChI=1S/C16H22NO4/c1-3-4-5-6-7-12-21-15-9-8-14(10-11-17(18)19)13-16(15)20-2/h8-10,13H,3-7,12H2,1-2H3/q-1. The molecule has 116 valence electrons. The van der Waals surface area contributed by atoms with Crippen LogP contribution in [0.15, 0.2) is 18.2 Å². The predicted octanol–water partition coefficient (Wildman–Crippen LogP) is 4.09. The summed E-state index contributed by atoms with van der Waals surface area (Å²) in [7, 11) is 1.55. The first-order chi connectivity index (χ1) is 10.2. The highest BCUT2D eigenvalue weighted by Gasteiger charge is 2.02. The van der Waals surface area contributed by atoms with Crippen molar-refractivity contribution in [3.8, 4) is 11.5 Å². The first-order valence-corrected chi connectivity index (χ1v) is 7.22. The third-order valence-electron chi connectivity index (χ3n) is 3.03. The zero-order valence-electron chi connectivity index (χ0n) is 12.6. The molecule has 0 aliphatic rings. The fourth-order valence-corrected chi connectivity index (χ4v) is 1.91. The molecule has 0 N–H and O–H groups in total. The van der Waals surface area contributed by atoms with Crippen molar-refractivity contribution in [2.75, 3.05) is 13.7 Å². The number of methoxy groups -OCH3 is 1. The largest absolute Gasteiger partial charge is 0.494 e. The van der Waals surface area contributed by atoms with E-state index in [1.807, 2.05) is 6.20 Å². The molecule has 0 radical (unpaired) electrons. The molecule has 0 spiro atoms. The molecule has 0 aliphatic heterocycles. The second kappa shape index (κ2) is 9.80. The molecular weight excluding hydrogens is 270 g/mol. The number of nitrogens with zero attached hydrogens (tertiary/aromatic N) is 1. The monoisotopic (exact) mass is 292 g/mol. The maximum Gasteiger partial charge on any atom is 0.158 e. The number of unbranched alkanes of at least 4 members (excludes halogenated alkanes) is 4. The van der Waals surface area contributed by atoms with E-state index in [1.165, 1.54) is 25.3 Å². The van der Waals surface area contributed by atoms with E-state index in [-0.39, 0.29) is 0 Å². The van der Waals surface area contributed by atoms with E-state index in [1.54, 1.807) is 25.3 Å². The van der Waals surface area contributed by atoms with Crippen LogP contribution in [0.4, 0.5) is 0 Å². The van der Waals surface area contributed by atoms with Gasteiger partial charge in [0.05, 0.1) is 13.7 Å². The summed E-state index contributed by atoms with van der Waals surface area (Å²) in [5, 5.41) is 10.3. The van der Waals surface area contributed by atoms with Crippen molar-refractivity contribution in [1.82, 2.24) is 0 Å². The van der Waals surface area contributed by atoms with Gasteiger partial charge >= 0.3 is 0 Å². The molecular formula is C16H22NO4-. The highest BCUT2D eigenvalue weighted by Crippen LogP contribution is 2.28. The highest BCUT2D eigenvalue weighted by molar-refractivity contribution is 5.54. The minimum absolute atomic E-state index is 0.572. The number of benzene rings is 1. The van der Waals surface area contributed by atoms with Gasteiger partial charge in [-0.25, -0.2) is 0 Å². The van der Waals surface area contributed by atoms with Gasteiger partial charge in [-0.1, -0.05) is 38.7 Å². The summed E-state index contributed by atoms with van der Waals surface area (Å²) in [6.45, 7) is 2.84. The summed E-state index contributed by atoms with van der Waals surface area (Å²) in [4.78, 5) is 9.63. The molecule has 0 heterocycles. The Morgan fingerprint density at radius 2 is 2.00 bits per heavy atom. The van der Waals surface area contributed by atoms with Crippen LogP contribution in [0.1, 0.15) is 44.6 Å². The Bertz CT molecular complexity index is 471. The molecule has 0 amide bonds. The van der Waals surface area contributed by atoms with E-state index in [4.69, 9.17) is 9.47 Å². The molecule has 1 aromatic carbocycles. The maximum atomic E-state index is 10.3. The molecule has 0 atom stereocenters. The molecule has 0 saturated heterocycles. The molecule has 0 unspecified atom stereocenters. The van der Waals surface area contributed by atoms with Crippen molar-refractivity contribution in [3.63, 3.8) is 0 Å². The fourth-order valence-electron chi connectivity index (χ4n) is 1.91. The maximum absolute atomic E-state index is 10.3. The molecule has 0 fully saturated rings. The van der Waals surface area contributed by atoms with Crippen LogP contribution in [0.3, 0.4) is 0 Å². The average molecular weight is 292 g/mol. The Morgan fingerprint density at radius 3 is 2.67 bits per heavy atom. The number of hydrogen-bond donors (Lipinski definition) is 0. The van der Waals surface area contributed by atoms with Crippen LogP contribution in [0.25, 0.3) is 6.08 Å². The smallest absolute Gasteiger partial charge is 0.158 e. The lowest BCUT2D eigenvalue weighted by molar-refractivity contribution is -0.417. The number of ether oxygens (including phenoxy) is 2. The van der Waals surface area contributed by atoms with Crippen LogP contribution in [0, 0.1) is 16.3 Å². The fraction of sp³-hybridized carbons (Fsp3) is 0.500. The summed E-state index contributed by atoms with van der Waals surface area (Å²) >= 11 is 0. The van der Waals surface area contributed by atoms with Crippen molar-refractivity contribution < 1.29 is 14.4 Å². The zero-order chi connectivity index (χ0) is 15.5. The lowest BCUT2D eigenvalue weighted by atomic mass is 10.1. The molecule has 0 aromatic heterocycles. The van der Waals surface area contributed by atoms with Gasteiger partial charge < -0.3 is 9.47 Å². The number of rotatable bonds is 10. The first-order valence-electron chi connectivity index (χ1n) is 7.22. The summed E-state index contributed by atoms with van der Waals surface area (Å²) in [6.07, 6.45) is 9.20. The van der Waals surface area contributed by atoms with Gasteiger partial charge in [0.2, 0.25) is 0 Å². The third kappa shape index (κ3) is 6.79. The van der Waals surface area contributed by atoms with E-state index in [0.29, 0.717) is 23.7 Å². The first kappa shape index (κ1) is 17.0. The van der Waals surface area contributed by atoms with Crippen molar-refractivity contribution in [3.05, 3.63) is 40.1 Å². The topological polar surface area (TPSA) is 61.6 Å². The van der Waals surface area contributed by atoms with Gasteiger partial charge in [-0.3, -0.25) is 10.1 Å². The van der Waals surface area contributed by atoms with Crippen LogP contribution in [-0.4, -0.2) is 18.6 Å². The van der Waals surface area contributed by atoms with E-state index < -0.39 is 4.92 Å². The Balaban J connectivity index is 2.52. The molecule has 5 heteroatoms. The molecule has 5 nitrogen and oxygen atoms in total. The van der Waals surface area contributed by atoms with E-state index in [9.17, 15) is 10.1 Å². The Kier molecular flexibility index (Phi) is 7.94. The summed E-state index contributed by atoms with van der Waals surface area (Å²) < 4.78 is 10.9. The van der Waals surface area contributed by atoms with Crippen molar-refractivity contribution in [2.45, 2.75) is 39.0 Å². The van der Waals surface area contributed by atoms with Gasteiger partial charge in [-0.15, -0.1) is 6.07 Å². The van der Waals surface area contributed by atoms with Crippen molar-refractivity contribution in [2.24, 2.45) is 0 Å². The number of hydrogen-bond acceptors (Lipinski definition) is 4. The van der Waals surface area contributed by atoms with Crippen LogP contribution in [0.5, 0.6) is 11.5 Å². The molecule has 1 rings (SSSR count). The van der Waals surface area contributed by atoms with Crippen molar-refractivity contribution >= 4 is 6.08 Å². The Labute approximate surface area is 125 Å². The van der Waals surface area contributed by atoms with Crippen molar-refractivity contribution in [1.29, 1.82) is 0 Å². The van der Waals surface area contributed by atoms with Gasteiger partial charge in [0.25, 0.3) is 0 Å². The predicted molar refractivity (Wildman–Crippen MR) is 81.9 cm³/mol. The van der Waals surface area contributed by atoms with Gasteiger partial charge in [0.15, 0.2) is 5.75 Å². The second-order valence-electron chi connectivity index (χ2n) is 4.70. The van der Waals surface area contributed by atoms with Crippen LogP contribution in [-0.2, 0) is 0 Å². The molecule has 1 aromatic rings. The second-order valence-corrected chi connectivity index (χ2v) is 4.70. The minimum Gasteiger partial charge on any atom is -0.494 e. The van der Waals surface area contributed by atoms with E-state index in [0.717, 1.165) is 12.8 Å². The number of nitro groups is 1. The summed E-state index contributed by atoms with van der Waals surface area (Å²) in [5.41, 5.74) is 0.652. The van der Waals surface area contributed by atoms with Gasteiger partial charge in [-0.2, -0.15) is 11.6 Å². The summed E-state index contributed by atoms with van der Waals surface area (Å²) in [5.74, 6) is 1.23. The third-order valence-corrected chi connectivity index (χ3v) is 3.03. The van der Waals surface area contributed by atoms with Crippen LogP contribution >= 0.6 is 0 Å². The highest BCUT2D eigenvalue weighted by atomic mass is 16.6. The molecule has 21 heavy (non-hydrogen) atoms. The molecule has 0 bridgehead atoms. The lowest BCUT2D eigenvalue weighted by Gasteiger charge is -2.13. The average Bonchev–Trinajstić information content (AvgIpc) is 2.49.